The van der Waals surface area contributed by atoms with E-state index in [2.05, 4.69) is 24.1 Å². The molecule has 1 saturated carbocycles. The molecule has 0 aromatic heterocycles. The smallest absolute Gasteiger partial charge is 0.323 e. The number of hydrogen-bond acceptors (Lipinski definition) is 3. The van der Waals surface area contributed by atoms with Gasteiger partial charge in [-0.25, -0.2) is 0 Å². The molecule has 1 aliphatic heterocycles. The highest BCUT2D eigenvalue weighted by atomic mass is 16.4. The Morgan fingerprint density at radius 3 is 2.42 bits per heavy atom. The molecule has 2 aliphatic rings. The number of nitrogens with one attached hydrogen (secondary N) is 1. The molecule has 2 rings (SSSR count). The minimum Gasteiger partial charge on any atom is -0.480 e. The Hall–Kier alpha value is -0.610. The molecule has 4 heteroatoms. The molecule has 1 unspecified atom stereocenters. The molecule has 2 N–H and O–H groups in total. The van der Waals surface area contributed by atoms with Gasteiger partial charge in [0.2, 0.25) is 0 Å². The molecule has 0 amide bonds. The van der Waals surface area contributed by atoms with Crippen molar-refractivity contribution in [3.63, 3.8) is 0 Å². The van der Waals surface area contributed by atoms with E-state index >= 15 is 0 Å². The van der Waals surface area contributed by atoms with Gasteiger partial charge in [0.1, 0.15) is 5.54 Å². The number of rotatable bonds is 6. The zero-order valence-electron chi connectivity index (χ0n) is 12.5. The summed E-state index contributed by atoms with van der Waals surface area (Å²) in [5.74, 6) is -0.711. The van der Waals surface area contributed by atoms with E-state index in [1.54, 1.807) is 0 Å². The number of piperidine rings is 1. The number of likely N-dealkylation sites (tertiary alicyclic amines) is 1. The van der Waals surface area contributed by atoms with Crippen molar-refractivity contribution in [2.24, 2.45) is 5.41 Å². The maximum Gasteiger partial charge on any atom is 0.323 e. The van der Waals surface area contributed by atoms with Crippen LogP contribution in [0.25, 0.3) is 0 Å². The van der Waals surface area contributed by atoms with Gasteiger partial charge in [-0.2, -0.15) is 0 Å². The van der Waals surface area contributed by atoms with E-state index in [0.717, 1.165) is 32.5 Å². The van der Waals surface area contributed by atoms with Crippen LogP contribution in [0.5, 0.6) is 0 Å². The molecule has 19 heavy (non-hydrogen) atoms. The summed E-state index contributed by atoms with van der Waals surface area (Å²) in [6, 6.07) is 0.432. The molecule has 1 aliphatic carbocycles. The fourth-order valence-corrected chi connectivity index (χ4v) is 2.68. The van der Waals surface area contributed by atoms with E-state index in [0.29, 0.717) is 17.9 Å². The standard InChI is InChI=1S/C15H28N2O2/c1-14(2)6-9-17(10-7-14)11-8-15(3,13(18)19)16-12-4-5-12/h12,16H,4-11H2,1-3H3,(H,18,19). The summed E-state index contributed by atoms with van der Waals surface area (Å²) in [7, 11) is 0. The largest absolute Gasteiger partial charge is 0.480 e. The van der Waals surface area contributed by atoms with Crippen LogP contribution in [0.4, 0.5) is 0 Å². The molecule has 4 nitrogen and oxygen atoms in total. The minimum atomic E-state index is -0.756. The molecule has 1 atom stereocenters. The second-order valence-electron chi connectivity index (χ2n) is 7.31. The maximum absolute atomic E-state index is 11.5. The van der Waals surface area contributed by atoms with E-state index in [1.807, 2.05) is 6.92 Å². The highest BCUT2D eigenvalue weighted by Gasteiger charge is 2.38. The average Bonchev–Trinajstić information content (AvgIpc) is 3.11. The molecule has 0 bridgehead atoms. The lowest BCUT2D eigenvalue weighted by atomic mass is 9.82. The fraction of sp³-hybridized carbons (Fsp3) is 0.933. The highest BCUT2D eigenvalue weighted by Crippen LogP contribution is 2.30. The number of carboxylic acids is 1. The minimum absolute atomic E-state index is 0.432. The van der Waals surface area contributed by atoms with Gasteiger partial charge in [0.05, 0.1) is 0 Å². The normalized spacial score (nSPS) is 26.9. The van der Waals surface area contributed by atoms with Crippen LogP contribution in [0.15, 0.2) is 0 Å². The lowest BCUT2D eigenvalue weighted by Crippen LogP contribution is -2.52. The monoisotopic (exact) mass is 268 g/mol. The Kier molecular flexibility index (Phi) is 4.21. The molecule has 0 aromatic carbocycles. The number of aliphatic carboxylic acids is 1. The zero-order valence-corrected chi connectivity index (χ0v) is 12.5. The van der Waals surface area contributed by atoms with Gasteiger partial charge in [-0.1, -0.05) is 13.8 Å². The summed E-state index contributed by atoms with van der Waals surface area (Å²) < 4.78 is 0. The molecule has 0 spiro atoms. The van der Waals surface area contributed by atoms with Crippen LogP contribution in [0.3, 0.4) is 0 Å². The van der Waals surface area contributed by atoms with Crippen molar-refractivity contribution < 1.29 is 9.90 Å². The van der Waals surface area contributed by atoms with Crippen molar-refractivity contribution in [1.82, 2.24) is 10.2 Å². The molecule has 1 heterocycles. The lowest BCUT2D eigenvalue weighted by molar-refractivity contribution is -0.144. The Balaban J connectivity index is 1.80. The van der Waals surface area contributed by atoms with Crippen molar-refractivity contribution in [1.29, 1.82) is 0 Å². The first kappa shape index (κ1) is 14.8. The molecule has 0 aromatic rings. The summed E-state index contributed by atoms with van der Waals surface area (Å²) in [6.07, 6.45) is 5.38. The predicted octanol–water partition coefficient (Wildman–Crippen LogP) is 2.09. The Morgan fingerprint density at radius 2 is 1.95 bits per heavy atom. The van der Waals surface area contributed by atoms with Gasteiger partial charge in [-0.15, -0.1) is 0 Å². The van der Waals surface area contributed by atoms with Crippen molar-refractivity contribution in [3.05, 3.63) is 0 Å². The number of carbonyl (C=O) groups is 1. The van der Waals surface area contributed by atoms with Gasteiger partial charge in [-0.05, 0) is 57.5 Å². The third kappa shape index (κ3) is 4.18. The highest BCUT2D eigenvalue weighted by molar-refractivity contribution is 5.78. The van der Waals surface area contributed by atoms with Crippen LogP contribution < -0.4 is 5.32 Å². The fourth-order valence-electron chi connectivity index (χ4n) is 2.68. The molecular weight excluding hydrogens is 240 g/mol. The van der Waals surface area contributed by atoms with Gasteiger partial charge < -0.3 is 10.0 Å². The Bertz CT molecular complexity index is 329. The van der Waals surface area contributed by atoms with Crippen LogP contribution in [0.2, 0.25) is 0 Å². The summed E-state index contributed by atoms with van der Waals surface area (Å²) in [5, 5.41) is 12.7. The summed E-state index contributed by atoms with van der Waals surface area (Å²) in [5.41, 5.74) is -0.299. The number of hydrogen-bond donors (Lipinski definition) is 2. The van der Waals surface area contributed by atoms with Crippen LogP contribution in [-0.2, 0) is 4.79 Å². The van der Waals surface area contributed by atoms with Crippen molar-refractivity contribution in [2.75, 3.05) is 19.6 Å². The second-order valence-corrected chi connectivity index (χ2v) is 7.31. The number of carboxylic acid groups (broad SMARTS) is 1. The van der Waals surface area contributed by atoms with Gasteiger partial charge in [-0.3, -0.25) is 10.1 Å². The van der Waals surface area contributed by atoms with E-state index in [4.69, 9.17) is 0 Å². The first-order valence-corrected chi connectivity index (χ1v) is 7.54. The van der Waals surface area contributed by atoms with E-state index in [-0.39, 0.29) is 0 Å². The van der Waals surface area contributed by atoms with Crippen LogP contribution in [0.1, 0.15) is 52.9 Å². The Morgan fingerprint density at radius 1 is 1.37 bits per heavy atom. The maximum atomic E-state index is 11.5. The molecular formula is C15H28N2O2. The van der Waals surface area contributed by atoms with Crippen molar-refractivity contribution >= 4 is 5.97 Å². The topological polar surface area (TPSA) is 52.6 Å². The van der Waals surface area contributed by atoms with E-state index < -0.39 is 11.5 Å². The second kappa shape index (κ2) is 5.41. The summed E-state index contributed by atoms with van der Waals surface area (Å²) >= 11 is 0. The summed E-state index contributed by atoms with van der Waals surface area (Å²) in [6.45, 7) is 9.57. The van der Waals surface area contributed by atoms with Crippen molar-refractivity contribution in [2.45, 2.75) is 64.5 Å². The predicted molar refractivity (Wildman–Crippen MR) is 76.3 cm³/mol. The van der Waals surface area contributed by atoms with Gasteiger partial charge in [0.25, 0.3) is 0 Å². The van der Waals surface area contributed by atoms with Gasteiger partial charge >= 0.3 is 5.97 Å². The molecule has 1 saturated heterocycles. The van der Waals surface area contributed by atoms with E-state index in [1.165, 1.54) is 12.8 Å². The van der Waals surface area contributed by atoms with Crippen LogP contribution in [-0.4, -0.2) is 47.2 Å². The van der Waals surface area contributed by atoms with Crippen LogP contribution in [0, 0.1) is 5.41 Å². The third-order valence-electron chi connectivity index (χ3n) is 4.71. The quantitative estimate of drug-likeness (QED) is 0.774. The average molecular weight is 268 g/mol. The number of nitrogens with zero attached hydrogens (tertiary/aromatic N) is 1. The lowest BCUT2D eigenvalue weighted by Gasteiger charge is -2.38. The molecule has 110 valence electrons. The Labute approximate surface area is 116 Å². The summed E-state index contributed by atoms with van der Waals surface area (Å²) in [4.78, 5) is 13.9. The van der Waals surface area contributed by atoms with Gasteiger partial charge in [0, 0.05) is 12.6 Å². The third-order valence-corrected chi connectivity index (χ3v) is 4.71. The zero-order chi connectivity index (χ0) is 14.1. The molecule has 2 fully saturated rings. The van der Waals surface area contributed by atoms with Crippen LogP contribution >= 0.6 is 0 Å². The molecule has 0 radical (unpaired) electrons. The first-order valence-electron chi connectivity index (χ1n) is 7.54. The SMILES string of the molecule is CC1(C)CCN(CCC(C)(NC2CC2)C(=O)O)CC1. The van der Waals surface area contributed by atoms with Gasteiger partial charge in [0.15, 0.2) is 0 Å². The van der Waals surface area contributed by atoms with E-state index in [9.17, 15) is 9.90 Å². The first-order chi connectivity index (χ1) is 8.81. The van der Waals surface area contributed by atoms with Crippen molar-refractivity contribution in [3.8, 4) is 0 Å².